The predicted octanol–water partition coefficient (Wildman–Crippen LogP) is 16.7. The summed E-state index contributed by atoms with van der Waals surface area (Å²) in [6, 6.07) is 81.8. The van der Waals surface area contributed by atoms with Gasteiger partial charge in [0.2, 0.25) is 0 Å². The van der Waals surface area contributed by atoms with Crippen molar-refractivity contribution in [3.8, 4) is 89.4 Å². The number of benzene rings is 10. The molecule has 0 bridgehead atoms. The highest BCUT2D eigenvalue weighted by Crippen LogP contribution is 2.58. The Morgan fingerprint density at radius 1 is 0.250 bits per heavy atom. The molecule has 0 radical (unpaired) electrons. The molecule has 0 spiro atoms. The van der Waals surface area contributed by atoms with Gasteiger partial charge in [0.15, 0.2) is 0 Å². The van der Waals surface area contributed by atoms with E-state index in [0.29, 0.717) is 0 Å². The van der Waals surface area contributed by atoms with Crippen LogP contribution in [0, 0.1) is 0 Å². The molecular formula is C62H38N2. The molecule has 296 valence electrons. The van der Waals surface area contributed by atoms with Crippen LogP contribution in [0.4, 0.5) is 0 Å². The van der Waals surface area contributed by atoms with E-state index in [1.807, 2.05) is 30.5 Å². The lowest BCUT2D eigenvalue weighted by atomic mass is 9.82. The van der Waals surface area contributed by atoms with Gasteiger partial charge < -0.3 is 0 Å². The van der Waals surface area contributed by atoms with Crippen LogP contribution >= 0.6 is 0 Å². The summed E-state index contributed by atoms with van der Waals surface area (Å²) in [5, 5.41) is 9.99. The van der Waals surface area contributed by atoms with Crippen LogP contribution in [-0.2, 0) is 0 Å². The van der Waals surface area contributed by atoms with Gasteiger partial charge in [0.05, 0.1) is 17.1 Å². The lowest BCUT2D eigenvalue weighted by Crippen LogP contribution is -1.93. The molecule has 2 heteroatoms. The summed E-state index contributed by atoms with van der Waals surface area (Å²) < 4.78 is 0. The first-order chi connectivity index (χ1) is 31.7. The van der Waals surface area contributed by atoms with E-state index in [4.69, 9.17) is 4.98 Å². The normalized spacial score (nSPS) is 11.8. The Morgan fingerprint density at radius 3 is 1.34 bits per heavy atom. The van der Waals surface area contributed by atoms with Gasteiger partial charge in [0.25, 0.3) is 0 Å². The van der Waals surface area contributed by atoms with Crippen molar-refractivity contribution in [2.75, 3.05) is 0 Å². The van der Waals surface area contributed by atoms with Crippen LogP contribution in [0.1, 0.15) is 0 Å². The van der Waals surface area contributed by atoms with E-state index in [1.165, 1.54) is 110 Å². The van der Waals surface area contributed by atoms with E-state index in [2.05, 4.69) is 205 Å². The number of aromatic nitrogens is 2. The zero-order valence-electron chi connectivity index (χ0n) is 34.8. The molecule has 2 nitrogen and oxygen atoms in total. The standard InChI is InChI=1S/C62H38N2/c1-3-13-39(14-4-1)58-51-17-7-8-18-52(51)59(40-15-5-2-6-16-40)62-54-33-32-49(50-19-11-20-53(60(50)54)61(58)62)47-30-28-43-35-41(24-26-45(43)37-47)42-25-27-46-38-48(31-29-44(46)36-42)55-22-12-23-57(64-55)56-21-9-10-34-63-56/h1-38H. The quantitative estimate of drug-likeness (QED) is 0.167. The molecule has 1 aliphatic rings. The van der Waals surface area contributed by atoms with Gasteiger partial charge in [-0.25, -0.2) is 4.98 Å². The van der Waals surface area contributed by atoms with Crippen LogP contribution in [0.5, 0.6) is 0 Å². The SMILES string of the molecule is c1ccc(-c2c3c(c(-c4ccccc4)c4ccccc24)-c2ccc(-c4ccc5cc(-c6ccc7cc(-c8cccc(-c9ccccn9)n8)ccc7c6)ccc5c4)c4cccc-3c24)cc1. The molecule has 2 heterocycles. The van der Waals surface area contributed by atoms with Crippen LogP contribution in [0.3, 0.4) is 0 Å². The minimum Gasteiger partial charge on any atom is -0.255 e. The lowest BCUT2D eigenvalue weighted by molar-refractivity contribution is 1.25. The van der Waals surface area contributed by atoms with Gasteiger partial charge in [0, 0.05) is 11.8 Å². The smallest absolute Gasteiger partial charge is 0.0893 e. The molecule has 12 aromatic rings. The average Bonchev–Trinajstić information content (AvgIpc) is 3.70. The van der Waals surface area contributed by atoms with Crippen molar-refractivity contribution >= 4 is 43.1 Å². The fraction of sp³-hybridized carbons (Fsp3) is 0. The van der Waals surface area contributed by atoms with Gasteiger partial charge in [-0.15, -0.1) is 0 Å². The monoisotopic (exact) mass is 810 g/mol. The number of nitrogens with zero attached hydrogens (tertiary/aromatic N) is 2. The molecule has 10 aromatic carbocycles. The highest BCUT2D eigenvalue weighted by molar-refractivity contribution is 6.28. The van der Waals surface area contributed by atoms with Gasteiger partial charge in [-0.1, -0.05) is 176 Å². The van der Waals surface area contributed by atoms with Gasteiger partial charge in [-0.2, -0.15) is 0 Å². The Hall–Kier alpha value is -8.46. The van der Waals surface area contributed by atoms with E-state index >= 15 is 0 Å². The second-order valence-corrected chi connectivity index (χ2v) is 16.8. The first kappa shape index (κ1) is 36.2. The Labute approximate surface area is 371 Å². The molecule has 0 aliphatic heterocycles. The molecule has 0 amide bonds. The van der Waals surface area contributed by atoms with Crippen LogP contribution in [0.25, 0.3) is 132 Å². The van der Waals surface area contributed by atoms with Crippen molar-refractivity contribution in [3.05, 3.63) is 231 Å². The summed E-state index contributed by atoms with van der Waals surface area (Å²) in [7, 11) is 0. The molecule has 1 aliphatic carbocycles. The summed E-state index contributed by atoms with van der Waals surface area (Å²) in [5.41, 5.74) is 19.0. The molecule has 0 fully saturated rings. The number of hydrogen-bond donors (Lipinski definition) is 0. The van der Waals surface area contributed by atoms with E-state index < -0.39 is 0 Å². The molecule has 2 aromatic heterocycles. The second kappa shape index (κ2) is 14.6. The molecule has 0 atom stereocenters. The van der Waals surface area contributed by atoms with Crippen molar-refractivity contribution in [1.82, 2.24) is 9.97 Å². The maximum absolute atomic E-state index is 4.95. The van der Waals surface area contributed by atoms with Crippen LogP contribution in [0.15, 0.2) is 231 Å². The van der Waals surface area contributed by atoms with Gasteiger partial charge in [-0.3, -0.25) is 4.98 Å². The summed E-state index contributed by atoms with van der Waals surface area (Å²) in [6.07, 6.45) is 1.81. The van der Waals surface area contributed by atoms with Crippen molar-refractivity contribution in [1.29, 1.82) is 0 Å². The molecule has 0 unspecified atom stereocenters. The fourth-order valence-electron chi connectivity index (χ4n) is 10.3. The second-order valence-electron chi connectivity index (χ2n) is 16.8. The number of pyridine rings is 2. The fourth-order valence-corrected chi connectivity index (χ4v) is 10.3. The Morgan fingerprint density at radius 2 is 0.719 bits per heavy atom. The topological polar surface area (TPSA) is 25.8 Å². The zero-order valence-corrected chi connectivity index (χ0v) is 34.8. The van der Waals surface area contributed by atoms with Crippen molar-refractivity contribution in [2.45, 2.75) is 0 Å². The summed E-state index contributed by atoms with van der Waals surface area (Å²) in [4.78, 5) is 9.45. The predicted molar refractivity (Wildman–Crippen MR) is 269 cm³/mol. The third-order valence-electron chi connectivity index (χ3n) is 13.2. The lowest BCUT2D eigenvalue weighted by Gasteiger charge is -2.20. The van der Waals surface area contributed by atoms with E-state index in [-0.39, 0.29) is 0 Å². The highest BCUT2D eigenvalue weighted by atomic mass is 14.8. The van der Waals surface area contributed by atoms with E-state index in [0.717, 1.165) is 22.6 Å². The molecule has 0 saturated heterocycles. The van der Waals surface area contributed by atoms with Crippen molar-refractivity contribution < 1.29 is 0 Å². The third kappa shape index (κ3) is 5.81. The molecular weight excluding hydrogens is 773 g/mol. The van der Waals surface area contributed by atoms with Gasteiger partial charge >= 0.3 is 0 Å². The van der Waals surface area contributed by atoms with Crippen LogP contribution in [0.2, 0.25) is 0 Å². The number of rotatable bonds is 6. The van der Waals surface area contributed by atoms with Crippen LogP contribution in [-0.4, -0.2) is 9.97 Å². The average molecular weight is 811 g/mol. The van der Waals surface area contributed by atoms with E-state index in [9.17, 15) is 0 Å². The van der Waals surface area contributed by atoms with Gasteiger partial charge in [0.1, 0.15) is 0 Å². The molecule has 64 heavy (non-hydrogen) atoms. The highest BCUT2D eigenvalue weighted by Gasteiger charge is 2.31. The summed E-state index contributed by atoms with van der Waals surface area (Å²) >= 11 is 0. The zero-order chi connectivity index (χ0) is 42.1. The minimum absolute atomic E-state index is 0.872. The maximum Gasteiger partial charge on any atom is 0.0893 e. The van der Waals surface area contributed by atoms with Crippen LogP contribution < -0.4 is 0 Å². The molecule has 13 rings (SSSR count). The first-order valence-corrected chi connectivity index (χ1v) is 22.0. The minimum atomic E-state index is 0.872. The van der Waals surface area contributed by atoms with Gasteiger partial charge in [-0.05, 0) is 158 Å². The first-order valence-electron chi connectivity index (χ1n) is 22.0. The van der Waals surface area contributed by atoms with Crippen molar-refractivity contribution in [3.63, 3.8) is 0 Å². The Bertz CT molecular complexity index is 3720. The Kier molecular flexibility index (Phi) is 8.25. The molecule has 0 N–H and O–H groups in total. The largest absolute Gasteiger partial charge is 0.255 e. The third-order valence-corrected chi connectivity index (χ3v) is 13.2. The molecule has 0 saturated carbocycles. The Balaban J connectivity index is 0.885. The summed E-state index contributed by atoms with van der Waals surface area (Å²) in [5.74, 6) is 0. The van der Waals surface area contributed by atoms with Crippen molar-refractivity contribution in [2.24, 2.45) is 0 Å². The van der Waals surface area contributed by atoms with E-state index in [1.54, 1.807) is 0 Å². The maximum atomic E-state index is 4.95. The summed E-state index contributed by atoms with van der Waals surface area (Å²) in [6.45, 7) is 0. The number of fused-ring (bicyclic) bond motifs is 6. The number of hydrogen-bond acceptors (Lipinski definition) is 2.